The molecule has 0 aromatic rings. The van der Waals surface area contributed by atoms with Gasteiger partial charge in [0.25, 0.3) is 0 Å². The summed E-state index contributed by atoms with van der Waals surface area (Å²) in [5, 5.41) is 0. The molecule has 0 aliphatic heterocycles. The van der Waals surface area contributed by atoms with Gasteiger partial charge in [-0.15, -0.1) is 0 Å². The zero-order valence-electron chi connectivity index (χ0n) is 6.39. The van der Waals surface area contributed by atoms with Crippen molar-refractivity contribution in [2.75, 3.05) is 6.54 Å². The maximum Gasteiger partial charge on any atom is 0.200 e. The molecule has 0 aliphatic rings. The smallest absolute Gasteiger partial charge is 0.200 e. The second-order valence-electron chi connectivity index (χ2n) is 2.48. The molecule has 0 aromatic heterocycles. The molecule has 0 bridgehead atoms. The van der Waals surface area contributed by atoms with Gasteiger partial charge < -0.3 is 5.73 Å². The predicted octanol–water partition coefficient (Wildman–Crippen LogP) is 0.129. The van der Waals surface area contributed by atoms with Crippen LogP contribution in [-0.4, -0.2) is 18.1 Å². The highest BCUT2D eigenvalue weighted by Gasteiger charge is 2.15. The van der Waals surface area contributed by atoms with Crippen molar-refractivity contribution in [1.29, 1.82) is 0 Å². The summed E-state index contributed by atoms with van der Waals surface area (Å²) in [5.41, 5.74) is 5.09. The third-order valence-electron chi connectivity index (χ3n) is 1.17. The van der Waals surface area contributed by atoms with Gasteiger partial charge >= 0.3 is 0 Å². The van der Waals surface area contributed by atoms with Crippen LogP contribution < -0.4 is 5.73 Å². The van der Waals surface area contributed by atoms with Gasteiger partial charge in [0.15, 0.2) is 5.78 Å². The van der Waals surface area contributed by atoms with Crippen LogP contribution in [0.15, 0.2) is 0 Å². The van der Waals surface area contributed by atoms with Crippen LogP contribution in [0.2, 0.25) is 0 Å². The molecule has 0 amide bonds. The Labute approximate surface area is 60.6 Å². The van der Waals surface area contributed by atoms with Gasteiger partial charge in [0, 0.05) is 12.3 Å². The largest absolute Gasteiger partial charge is 0.330 e. The maximum absolute atomic E-state index is 10.8. The molecule has 0 rings (SSSR count). The Kier molecular flexibility index (Phi) is 3.88. The van der Waals surface area contributed by atoms with Crippen molar-refractivity contribution in [3.05, 3.63) is 0 Å². The average molecular weight is 143 g/mol. The lowest BCUT2D eigenvalue weighted by Gasteiger charge is -1.99. The summed E-state index contributed by atoms with van der Waals surface area (Å²) >= 11 is 0. The number of rotatable bonds is 4. The minimum atomic E-state index is -0.350. The molecule has 0 saturated heterocycles. The zero-order valence-corrected chi connectivity index (χ0v) is 6.39. The standard InChI is InChI=1S/C7H13NO2/c1-5(2)7(10)6(9)3-4-8/h5H,3-4,8H2,1-2H3. The van der Waals surface area contributed by atoms with Crippen molar-refractivity contribution in [3.63, 3.8) is 0 Å². The summed E-state index contributed by atoms with van der Waals surface area (Å²) in [4.78, 5) is 21.6. The fourth-order valence-electron chi connectivity index (χ4n) is 0.576. The van der Waals surface area contributed by atoms with Gasteiger partial charge in [0.05, 0.1) is 0 Å². The van der Waals surface area contributed by atoms with E-state index in [1.165, 1.54) is 0 Å². The monoisotopic (exact) mass is 143 g/mol. The quantitative estimate of drug-likeness (QED) is 0.569. The highest BCUT2D eigenvalue weighted by Crippen LogP contribution is 1.96. The second-order valence-corrected chi connectivity index (χ2v) is 2.48. The summed E-state index contributed by atoms with van der Waals surface area (Å²) in [6.07, 6.45) is 0.178. The van der Waals surface area contributed by atoms with Crippen LogP contribution in [0.25, 0.3) is 0 Å². The molecule has 0 fully saturated rings. The first-order chi connectivity index (χ1) is 4.59. The number of carbonyl (C=O) groups excluding carboxylic acids is 2. The summed E-state index contributed by atoms with van der Waals surface area (Å²) in [6, 6.07) is 0. The first-order valence-corrected chi connectivity index (χ1v) is 3.36. The van der Waals surface area contributed by atoms with Crippen molar-refractivity contribution in [2.45, 2.75) is 20.3 Å². The molecule has 10 heavy (non-hydrogen) atoms. The number of nitrogens with two attached hydrogens (primary N) is 1. The van der Waals surface area contributed by atoms with E-state index in [2.05, 4.69) is 0 Å². The fraction of sp³-hybridized carbons (Fsp3) is 0.714. The lowest BCUT2D eigenvalue weighted by molar-refractivity contribution is -0.138. The SMILES string of the molecule is CC(C)C(=O)C(=O)CCN. The number of hydrogen-bond acceptors (Lipinski definition) is 3. The summed E-state index contributed by atoms with van der Waals surface area (Å²) in [6.45, 7) is 3.67. The van der Waals surface area contributed by atoms with Crippen molar-refractivity contribution in [2.24, 2.45) is 11.7 Å². The third kappa shape index (κ3) is 2.73. The van der Waals surface area contributed by atoms with Gasteiger partial charge in [-0.2, -0.15) is 0 Å². The molecular weight excluding hydrogens is 130 g/mol. The summed E-state index contributed by atoms with van der Waals surface area (Å²) < 4.78 is 0. The molecular formula is C7H13NO2. The zero-order chi connectivity index (χ0) is 8.15. The van der Waals surface area contributed by atoms with E-state index in [4.69, 9.17) is 5.73 Å². The average Bonchev–Trinajstić information content (AvgIpc) is 1.87. The van der Waals surface area contributed by atoms with Crippen LogP contribution in [0.4, 0.5) is 0 Å². The van der Waals surface area contributed by atoms with Crippen LogP contribution in [0.1, 0.15) is 20.3 Å². The Morgan fingerprint density at radius 3 is 2.20 bits per heavy atom. The van der Waals surface area contributed by atoms with Crippen LogP contribution in [-0.2, 0) is 9.59 Å². The Hall–Kier alpha value is -0.700. The number of ketones is 2. The summed E-state index contributed by atoms with van der Waals surface area (Å²) in [5.74, 6) is -0.859. The number of hydrogen-bond donors (Lipinski definition) is 1. The topological polar surface area (TPSA) is 60.2 Å². The van der Waals surface area contributed by atoms with Crippen molar-refractivity contribution in [1.82, 2.24) is 0 Å². The molecule has 3 nitrogen and oxygen atoms in total. The Bertz CT molecular complexity index is 141. The van der Waals surface area contributed by atoms with Gasteiger partial charge in [0.2, 0.25) is 5.78 Å². The molecule has 0 radical (unpaired) electrons. The molecule has 0 heterocycles. The van der Waals surface area contributed by atoms with Gasteiger partial charge in [0.1, 0.15) is 0 Å². The minimum Gasteiger partial charge on any atom is -0.330 e. The van der Waals surface area contributed by atoms with E-state index < -0.39 is 0 Å². The number of carbonyl (C=O) groups is 2. The van der Waals surface area contributed by atoms with E-state index in [1.54, 1.807) is 13.8 Å². The minimum absolute atomic E-state index is 0.178. The Morgan fingerprint density at radius 1 is 1.40 bits per heavy atom. The summed E-state index contributed by atoms with van der Waals surface area (Å²) in [7, 11) is 0. The van der Waals surface area contributed by atoms with Crippen LogP contribution in [0, 0.1) is 5.92 Å². The van der Waals surface area contributed by atoms with E-state index in [0.717, 1.165) is 0 Å². The molecule has 0 atom stereocenters. The Morgan fingerprint density at radius 2 is 1.90 bits per heavy atom. The van der Waals surface area contributed by atoms with Gasteiger partial charge in [-0.05, 0) is 6.54 Å². The fourth-order valence-corrected chi connectivity index (χ4v) is 0.576. The first kappa shape index (κ1) is 9.30. The maximum atomic E-state index is 10.8. The lowest BCUT2D eigenvalue weighted by Crippen LogP contribution is -2.22. The van der Waals surface area contributed by atoms with Crippen molar-refractivity contribution < 1.29 is 9.59 Å². The van der Waals surface area contributed by atoms with Crippen LogP contribution >= 0.6 is 0 Å². The van der Waals surface area contributed by atoms with Gasteiger partial charge in [-0.1, -0.05) is 13.8 Å². The van der Waals surface area contributed by atoms with E-state index in [9.17, 15) is 9.59 Å². The molecule has 0 saturated carbocycles. The van der Waals surface area contributed by atoms with Gasteiger partial charge in [-0.3, -0.25) is 9.59 Å². The second kappa shape index (κ2) is 4.17. The van der Waals surface area contributed by atoms with E-state index in [1.807, 2.05) is 0 Å². The Balaban J connectivity index is 3.83. The molecule has 3 heteroatoms. The molecule has 0 aromatic carbocycles. The van der Waals surface area contributed by atoms with Crippen LogP contribution in [0.3, 0.4) is 0 Å². The van der Waals surface area contributed by atoms with Crippen molar-refractivity contribution in [3.8, 4) is 0 Å². The van der Waals surface area contributed by atoms with Crippen LogP contribution in [0.5, 0.6) is 0 Å². The van der Waals surface area contributed by atoms with E-state index in [-0.39, 0.29) is 30.4 Å². The molecule has 58 valence electrons. The normalized spacial score (nSPS) is 10.0. The third-order valence-corrected chi connectivity index (χ3v) is 1.17. The van der Waals surface area contributed by atoms with E-state index >= 15 is 0 Å². The molecule has 0 unspecified atom stereocenters. The highest BCUT2D eigenvalue weighted by molar-refractivity contribution is 6.37. The van der Waals surface area contributed by atoms with Crippen molar-refractivity contribution >= 4 is 11.6 Å². The first-order valence-electron chi connectivity index (χ1n) is 3.36. The number of Topliss-reactive ketones (excluding diaryl/α,β-unsaturated/α-hetero) is 2. The van der Waals surface area contributed by atoms with Gasteiger partial charge in [-0.25, -0.2) is 0 Å². The molecule has 2 N–H and O–H groups in total. The van der Waals surface area contributed by atoms with E-state index in [0.29, 0.717) is 0 Å². The molecule has 0 aliphatic carbocycles. The highest BCUT2D eigenvalue weighted by atomic mass is 16.2. The lowest BCUT2D eigenvalue weighted by atomic mass is 10.0. The molecule has 0 spiro atoms. The predicted molar refractivity (Wildman–Crippen MR) is 38.5 cm³/mol.